The van der Waals surface area contributed by atoms with Gasteiger partial charge in [0.25, 0.3) is 0 Å². The van der Waals surface area contributed by atoms with Crippen LogP contribution in [0.1, 0.15) is 0 Å². The number of halogens is 1. The molecule has 0 amide bonds. The van der Waals surface area contributed by atoms with Crippen LogP contribution in [0, 0.1) is 5.82 Å². The van der Waals surface area contributed by atoms with Crippen LogP contribution in [-0.2, 0) is 0 Å². The van der Waals surface area contributed by atoms with Gasteiger partial charge in [0.15, 0.2) is 0 Å². The highest BCUT2D eigenvalue weighted by molar-refractivity contribution is 5.67. The Balaban J connectivity index is 1.97. The van der Waals surface area contributed by atoms with E-state index in [1.807, 2.05) is 24.3 Å². The molecule has 2 heterocycles. The standard InChI is InChI=1S/C15H11FN2/c16-13-3-1-11(2-4-13)14-5-6-15(18-14)12-7-9-17-10-8-12/h1-10,18H. The topological polar surface area (TPSA) is 28.7 Å². The van der Waals surface area contributed by atoms with Crippen molar-refractivity contribution in [2.24, 2.45) is 0 Å². The van der Waals surface area contributed by atoms with Crippen LogP contribution < -0.4 is 0 Å². The van der Waals surface area contributed by atoms with Gasteiger partial charge < -0.3 is 4.98 Å². The first-order valence-corrected chi connectivity index (χ1v) is 5.68. The Hall–Kier alpha value is -2.42. The molecule has 0 atom stereocenters. The lowest BCUT2D eigenvalue weighted by molar-refractivity contribution is 0.628. The van der Waals surface area contributed by atoms with Gasteiger partial charge in [-0.2, -0.15) is 0 Å². The predicted molar refractivity (Wildman–Crippen MR) is 69.4 cm³/mol. The number of H-pyrrole nitrogens is 1. The molecule has 0 radical (unpaired) electrons. The second kappa shape index (κ2) is 4.45. The van der Waals surface area contributed by atoms with Gasteiger partial charge in [0.2, 0.25) is 0 Å². The number of pyridine rings is 1. The minimum absolute atomic E-state index is 0.223. The summed E-state index contributed by atoms with van der Waals surface area (Å²) in [4.78, 5) is 7.30. The molecule has 0 unspecified atom stereocenters. The maximum Gasteiger partial charge on any atom is 0.123 e. The summed E-state index contributed by atoms with van der Waals surface area (Å²) in [6, 6.07) is 14.3. The van der Waals surface area contributed by atoms with E-state index in [0.29, 0.717) is 0 Å². The predicted octanol–water partition coefficient (Wildman–Crippen LogP) is 3.88. The molecule has 88 valence electrons. The summed E-state index contributed by atoms with van der Waals surface area (Å²) in [5, 5.41) is 0. The van der Waals surface area contributed by atoms with Crippen LogP contribution in [0.2, 0.25) is 0 Å². The zero-order valence-electron chi connectivity index (χ0n) is 9.60. The summed E-state index contributed by atoms with van der Waals surface area (Å²) in [6.45, 7) is 0. The van der Waals surface area contributed by atoms with E-state index in [9.17, 15) is 4.39 Å². The highest BCUT2D eigenvalue weighted by Gasteiger charge is 2.03. The van der Waals surface area contributed by atoms with E-state index in [-0.39, 0.29) is 5.82 Å². The van der Waals surface area contributed by atoms with Crippen LogP contribution in [0.4, 0.5) is 4.39 Å². The lowest BCUT2D eigenvalue weighted by Gasteiger charge is -1.99. The molecule has 0 spiro atoms. The molecular formula is C15H11FN2. The average molecular weight is 238 g/mol. The minimum Gasteiger partial charge on any atom is -0.355 e. The van der Waals surface area contributed by atoms with E-state index in [0.717, 1.165) is 22.5 Å². The second-order valence-corrected chi connectivity index (χ2v) is 4.03. The lowest BCUT2D eigenvalue weighted by Crippen LogP contribution is -1.81. The van der Waals surface area contributed by atoms with E-state index in [4.69, 9.17) is 0 Å². The third-order valence-corrected chi connectivity index (χ3v) is 2.83. The molecule has 0 aliphatic heterocycles. The zero-order valence-corrected chi connectivity index (χ0v) is 9.60. The molecule has 3 rings (SSSR count). The van der Waals surface area contributed by atoms with E-state index in [2.05, 4.69) is 9.97 Å². The fraction of sp³-hybridized carbons (Fsp3) is 0. The van der Waals surface area contributed by atoms with Gasteiger partial charge in [-0.3, -0.25) is 4.98 Å². The fourth-order valence-corrected chi connectivity index (χ4v) is 1.89. The van der Waals surface area contributed by atoms with Crippen LogP contribution in [0.15, 0.2) is 60.9 Å². The Bertz CT molecular complexity index is 642. The lowest BCUT2D eigenvalue weighted by atomic mass is 10.1. The molecule has 0 saturated heterocycles. The van der Waals surface area contributed by atoms with Gasteiger partial charge in [0.05, 0.1) is 0 Å². The number of rotatable bonds is 2. The first-order valence-electron chi connectivity index (χ1n) is 5.68. The van der Waals surface area contributed by atoms with E-state index >= 15 is 0 Å². The van der Waals surface area contributed by atoms with Gasteiger partial charge in [-0.15, -0.1) is 0 Å². The van der Waals surface area contributed by atoms with Crippen molar-refractivity contribution in [1.82, 2.24) is 9.97 Å². The summed E-state index contributed by atoms with van der Waals surface area (Å²) in [5.41, 5.74) is 4.05. The maximum absolute atomic E-state index is 12.9. The Morgan fingerprint density at radius 3 is 1.89 bits per heavy atom. The molecule has 0 fully saturated rings. The number of aromatic nitrogens is 2. The molecule has 1 aromatic carbocycles. The molecule has 0 saturated carbocycles. The first-order chi connectivity index (χ1) is 8.83. The van der Waals surface area contributed by atoms with Crippen molar-refractivity contribution in [1.29, 1.82) is 0 Å². The zero-order chi connectivity index (χ0) is 12.4. The molecule has 3 aromatic rings. The second-order valence-electron chi connectivity index (χ2n) is 4.03. The van der Waals surface area contributed by atoms with E-state index in [1.54, 1.807) is 24.5 Å². The number of nitrogens with zero attached hydrogens (tertiary/aromatic N) is 1. The minimum atomic E-state index is -0.223. The van der Waals surface area contributed by atoms with Gasteiger partial charge in [-0.05, 0) is 54.1 Å². The smallest absolute Gasteiger partial charge is 0.123 e. The third-order valence-electron chi connectivity index (χ3n) is 2.83. The molecule has 2 nitrogen and oxygen atoms in total. The number of aromatic amines is 1. The normalized spacial score (nSPS) is 10.5. The number of hydrogen-bond donors (Lipinski definition) is 1. The van der Waals surface area contributed by atoms with Crippen molar-refractivity contribution in [3.8, 4) is 22.5 Å². The van der Waals surface area contributed by atoms with Crippen molar-refractivity contribution in [2.75, 3.05) is 0 Å². The average Bonchev–Trinajstić information content (AvgIpc) is 2.90. The molecule has 1 N–H and O–H groups in total. The largest absolute Gasteiger partial charge is 0.355 e. The van der Waals surface area contributed by atoms with Crippen LogP contribution >= 0.6 is 0 Å². The fourth-order valence-electron chi connectivity index (χ4n) is 1.89. The van der Waals surface area contributed by atoms with Crippen molar-refractivity contribution in [3.63, 3.8) is 0 Å². The van der Waals surface area contributed by atoms with Crippen LogP contribution in [-0.4, -0.2) is 9.97 Å². The molecule has 2 aromatic heterocycles. The van der Waals surface area contributed by atoms with Crippen molar-refractivity contribution in [2.45, 2.75) is 0 Å². The summed E-state index contributed by atoms with van der Waals surface area (Å²) in [5.74, 6) is -0.223. The molecule has 0 aliphatic rings. The quantitative estimate of drug-likeness (QED) is 0.721. The maximum atomic E-state index is 12.9. The number of nitrogens with one attached hydrogen (secondary N) is 1. The highest BCUT2D eigenvalue weighted by atomic mass is 19.1. The van der Waals surface area contributed by atoms with E-state index < -0.39 is 0 Å². The van der Waals surface area contributed by atoms with Crippen molar-refractivity contribution in [3.05, 3.63) is 66.7 Å². The summed E-state index contributed by atoms with van der Waals surface area (Å²) in [6.07, 6.45) is 3.52. The van der Waals surface area contributed by atoms with Gasteiger partial charge in [-0.25, -0.2) is 4.39 Å². The molecule has 18 heavy (non-hydrogen) atoms. The summed E-state index contributed by atoms with van der Waals surface area (Å²) >= 11 is 0. The molecular weight excluding hydrogens is 227 g/mol. The Labute approximate surface area is 104 Å². The van der Waals surface area contributed by atoms with Crippen molar-refractivity contribution < 1.29 is 4.39 Å². The third kappa shape index (κ3) is 2.02. The van der Waals surface area contributed by atoms with Gasteiger partial charge >= 0.3 is 0 Å². The van der Waals surface area contributed by atoms with E-state index in [1.165, 1.54) is 12.1 Å². The summed E-state index contributed by atoms with van der Waals surface area (Å²) < 4.78 is 12.9. The van der Waals surface area contributed by atoms with Crippen LogP contribution in [0.5, 0.6) is 0 Å². The molecule has 0 aliphatic carbocycles. The Kier molecular flexibility index (Phi) is 2.65. The highest BCUT2D eigenvalue weighted by Crippen LogP contribution is 2.24. The van der Waals surface area contributed by atoms with Gasteiger partial charge in [0, 0.05) is 29.3 Å². The number of benzene rings is 1. The van der Waals surface area contributed by atoms with Crippen LogP contribution in [0.3, 0.4) is 0 Å². The molecule has 3 heteroatoms. The van der Waals surface area contributed by atoms with Gasteiger partial charge in [0.1, 0.15) is 5.82 Å². The first kappa shape index (κ1) is 10.7. The molecule has 0 bridgehead atoms. The van der Waals surface area contributed by atoms with Crippen LogP contribution in [0.25, 0.3) is 22.5 Å². The Morgan fingerprint density at radius 1 is 0.722 bits per heavy atom. The Morgan fingerprint density at radius 2 is 1.28 bits per heavy atom. The monoisotopic (exact) mass is 238 g/mol. The SMILES string of the molecule is Fc1ccc(-c2ccc(-c3ccncc3)[nH]2)cc1. The number of hydrogen-bond acceptors (Lipinski definition) is 1. The summed E-state index contributed by atoms with van der Waals surface area (Å²) in [7, 11) is 0. The van der Waals surface area contributed by atoms with Crippen molar-refractivity contribution >= 4 is 0 Å². The van der Waals surface area contributed by atoms with Gasteiger partial charge in [-0.1, -0.05) is 0 Å².